The molecule has 0 radical (unpaired) electrons. The van der Waals surface area contributed by atoms with E-state index in [1.54, 1.807) is 6.33 Å². The standard InChI is InChI=1S/C14H23N3S/c1-4-15-13-11(3)14(17-9-16-13)18-12-7-5-6-10(2)8-12/h9-10,12H,4-8H2,1-3H3,(H,15,16,17). The molecule has 1 fully saturated rings. The predicted molar refractivity (Wildman–Crippen MR) is 78.2 cm³/mol. The average Bonchev–Trinajstić information content (AvgIpc) is 2.35. The lowest BCUT2D eigenvalue weighted by molar-refractivity contribution is 0.394. The van der Waals surface area contributed by atoms with Crippen LogP contribution in [-0.2, 0) is 0 Å². The van der Waals surface area contributed by atoms with E-state index in [1.165, 1.54) is 31.2 Å². The maximum absolute atomic E-state index is 4.45. The van der Waals surface area contributed by atoms with Gasteiger partial charge in [-0.3, -0.25) is 0 Å². The Labute approximate surface area is 114 Å². The largest absolute Gasteiger partial charge is 0.370 e. The minimum absolute atomic E-state index is 0.733. The van der Waals surface area contributed by atoms with Gasteiger partial charge in [0.2, 0.25) is 0 Å². The van der Waals surface area contributed by atoms with Crippen LogP contribution in [0.2, 0.25) is 0 Å². The predicted octanol–water partition coefficient (Wildman–Crippen LogP) is 3.89. The summed E-state index contributed by atoms with van der Waals surface area (Å²) in [7, 11) is 0. The molecule has 1 aromatic rings. The summed E-state index contributed by atoms with van der Waals surface area (Å²) < 4.78 is 0. The quantitative estimate of drug-likeness (QED) is 0.838. The van der Waals surface area contributed by atoms with Gasteiger partial charge >= 0.3 is 0 Å². The number of aromatic nitrogens is 2. The molecule has 0 bridgehead atoms. The summed E-state index contributed by atoms with van der Waals surface area (Å²) in [6, 6.07) is 0. The fourth-order valence-corrected chi connectivity index (χ4v) is 3.95. The van der Waals surface area contributed by atoms with Crippen molar-refractivity contribution in [1.29, 1.82) is 0 Å². The maximum atomic E-state index is 4.45. The Hall–Kier alpha value is -0.770. The molecular weight excluding hydrogens is 242 g/mol. The van der Waals surface area contributed by atoms with Crippen LogP contribution >= 0.6 is 11.8 Å². The molecule has 2 atom stereocenters. The van der Waals surface area contributed by atoms with Gasteiger partial charge in [0.25, 0.3) is 0 Å². The summed E-state index contributed by atoms with van der Waals surface area (Å²) in [4.78, 5) is 8.75. The summed E-state index contributed by atoms with van der Waals surface area (Å²) in [5, 5.41) is 5.18. The lowest BCUT2D eigenvalue weighted by atomic mass is 9.91. The minimum Gasteiger partial charge on any atom is -0.370 e. The molecule has 1 heterocycles. The van der Waals surface area contributed by atoms with Crippen LogP contribution in [-0.4, -0.2) is 21.8 Å². The van der Waals surface area contributed by atoms with Gasteiger partial charge < -0.3 is 5.32 Å². The van der Waals surface area contributed by atoms with Crippen molar-refractivity contribution in [2.45, 2.75) is 56.7 Å². The molecule has 2 rings (SSSR count). The molecule has 1 aliphatic carbocycles. The van der Waals surface area contributed by atoms with Crippen molar-refractivity contribution in [2.24, 2.45) is 5.92 Å². The van der Waals surface area contributed by atoms with E-state index in [-0.39, 0.29) is 0 Å². The first-order chi connectivity index (χ1) is 8.70. The highest BCUT2D eigenvalue weighted by molar-refractivity contribution is 7.99. The molecule has 2 unspecified atom stereocenters. The zero-order valence-corrected chi connectivity index (χ0v) is 12.4. The van der Waals surface area contributed by atoms with E-state index in [2.05, 4.69) is 36.1 Å². The van der Waals surface area contributed by atoms with E-state index in [0.29, 0.717) is 0 Å². The van der Waals surface area contributed by atoms with Crippen molar-refractivity contribution in [3.05, 3.63) is 11.9 Å². The Balaban J connectivity index is 2.06. The van der Waals surface area contributed by atoms with E-state index in [4.69, 9.17) is 0 Å². The van der Waals surface area contributed by atoms with Crippen molar-refractivity contribution in [2.75, 3.05) is 11.9 Å². The molecule has 1 N–H and O–H groups in total. The summed E-state index contributed by atoms with van der Waals surface area (Å²) in [5.74, 6) is 1.85. The average molecular weight is 265 g/mol. The maximum Gasteiger partial charge on any atom is 0.133 e. The third kappa shape index (κ3) is 3.37. The van der Waals surface area contributed by atoms with E-state index in [1.807, 2.05) is 11.8 Å². The van der Waals surface area contributed by atoms with Gasteiger partial charge in [0.05, 0.1) is 0 Å². The van der Waals surface area contributed by atoms with Gasteiger partial charge in [-0.2, -0.15) is 0 Å². The second kappa shape index (κ2) is 6.41. The Bertz CT molecular complexity index is 395. The highest BCUT2D eigenvalue weighted by Gasteiger charge is 2.21. The fraction of sp³-hybridized carbons (Fsp3) is 0.714. The Kier molecular flexibility index (Phi) is 4.87. The molecule has 0 amide bonds. The smallest absolute Gasteiger partial charge is 0.133 e. The van der Waals surface area contributed by atoms with Crippen LogP contribution < -0.4 is 5.32 Å². The van der Waals surface area contributed by atoms with Gasteiger partial charge in [-0.25, -0.2) is 9.97 Å². The van der Waals surface area contributed by atoms with Gasteiger partial charge in [0.1, 0.15) is 17.2 Å². The highest BCUT2D eigenvalue weighted by atomic mass is 32.2. The molecule has 0 spiro atoms. The molecular formula is C14H23N3S. The zero-order valence-electron chi connectivity index (χ0n) is 11.6. The molecule has 1 aliphatic rings. The van der Waals surface area contributed by atoms with Crippen LogP contribution in [0, 0.1) is 12.8 Å². The van der Waals surface area contributed by atoms with Crippen LogP contribution in [0.3, 0.4) is 0 Å². The molecule has 4 heteroatoms. The zero-order chi connectivity index (χ0) is 13.0. The minimum atomic E-state index is 0.733. The summed E-state index contributed by atoms with van der Waals surface area (Å²) >= 11 is 1.94. The van der Waals surface area contributed by atoms with Gasteiger partial charge in [-0.1, -0.05) is 19.8 Å². The Morgan fingerprint density at radius 1 is 1.39 bits per heavy atom. The number of nitrogens with zero attached hydrogens (tertiary/aromatic N) is 2. The van der Waals surface area contributed by atoms with Crippen LogP contribution in [0.25, 0.3) is 0 Å². The number of anilines is 1. The molecule has 0 aliphatic heterocycles. The first-order valence-electron chi connectivity index (χ1n) is 6.92. The third-order valence-electron chi connectivity index (χ3n) is 3.55. The second-order valence-electron chi connectivity index (χ2n) is 5.19. The first kappa shape index (κ1) is 13.7. The number of hydrogen-bond acceptors (Lipinski definition) is 4. The fourth-order valence-electron chi connectivity index (χ4n) is 2.54. The van der Waals surface area contributed by atoms with Crippen molar-refractivity contribution < 1.29 is 0 Å². The van der Waals surface area contributed by atoms with Crippen LogP contribution in [0.4, 0.5) is 5.82 Å². The van der Waals surface area contributed by atoms with E-state index in [0.717, 1.165) is 28.6 Å². The number of rotatable bonds is 4. The van der Waals surface area contributed by atoms with E-state index >= 15 is 0 Å². The lowest BCUT2D eigenvalue weighted by Gasteiger charge is -2.26. The molecule has 0 saturated heterocycles. The molecule has 1 saturated carbocycles. The Morgan fingerprint density at radius 2 is 2.22 bits per heavy atom. The molecule has 18 heavy (non-hydrogen) atoms. The molecule has 100 valence electrons. The van der Waals surface area contributed by atoms with Crippen LogP contribution in [0.5, 0.6) is 0 Å². The van der Waals surface area contributed by atoms with Gasteiger partial charge in [0.15, 0.2) is 0 Å². The second-order valence-corrected chi connectivity index (χ2v) is 6.48. The molecule has 0 aromatic carbocycles. The Morgan fingerprint density at radius 3 is 2.94 bits per heavy atom. The summed E-state index contributed by atoms with van der Waals surface area (Å²) in [5.41, 5.74) is 1.20. The van der Waals surface area contributed by atoms with Crippen LogP contribution in [0.15, 0.2) is 11.4 Å². The van der Waals surface area contributed by atoms with Crippen molar-refractivity contribution in [3.63, 3.8) is 0 Å². The monoisotopic (exact) mass is 265 g/mol. The van der Waals surface area contributed by atoms with Gasteiger partial charge in [0, 0.05) is 17.4 Å². The van der Waals surface area contributed by atoms with Crippen molar-refractivity contribution in [3.8, 4) is 0 Å². The SMILES string of the molecule is CCNc1ncnc(SC2CCCC(C)C2)c1C. The van der Waals surface area contributed by atoms with E-state index in [9.17, 15) is 0 Å². The molecule has 3 nitrogen and oxygen atoms in total. The van der Waals surface area contributed by atoms with Crippen molar-refractivity contribution >= 4 is 17.6 Å². The summed E-state index contributed by atoms with van der Waals surface area (Å²) in [6.07, 6.45) is 7.09. The van der Waals surface area contributed by atoms with Gasteiger partial charge in [-0.05, 0) is 32.6 Å². The first-order valence-corrected chi connectivity index (χ1v) is 7.80. The lowest BCUT2D eigenvalue weighted by Crippen LogP contribution is -2.15. The number of thioether (sulfide) groups is 1. The number of hydrogen-bond donors (Lipinski definition) is 1. The van der Waals surface area contributed by atoms with Crippen LogP contribution in [0.1, 0.15) is 45.1 Å². The molecule has 1 aromatic heterocycles. The normalized spacial score (nSPS) is 23.9. The van der Waals surface area contributed by atoms with Gasteiger partial charge in [-0.15, -0.1) is 11.8 Å². The van der Waals surface area contributed by atoms with E-state index < -0.39 is 0 Å². The third-order valence-corrected chi connectivity index (χ3v) is 4.94. The number of nitrogens with one attached hydrogen (secondary N) is 1. The summed E-state index contributed by atoms with van der Waals surface area (Å²) in [6.45, 7) is 7.48. The van der Waals surface area contributed by atoms with Crippen molar-refractivity contribution in [1.82, 2.24) is 9.97 Å². The highest BCUT2D eigenvalue weighted by Crippen LogP contribution is 2.37. The topological polar surface area (TPSA) is 37.8 Å².